The van der Waals surface area contributed by atoms with E-state index in [1.165, 1.54) is 0 Å². The van der Waals surface area contributed by atoms with Gasteiger partial charge in [-0.25, -0.2) is 0 Å². The number of carbonyl (C=O) groups is 1. The third-order valence-electron chi connectivity index (χ3n) is 3.63. The van der Waals surface area contributed by atoms with E-state index in [2.05, 4.69) is 0 Å². The summed E-state index contributed by atoms with van der Waals surface area (Å²) in [6, 6.07) is 12.0. The first kappa shape index (κ1) is 14.0. The normalized spacial score (nSPS) is 10.9. The van der Waals surface area contributed by atoms with Crippen LogP contribution in [0.2, 0.25) is 0 Å². The number of carboxylic acids is 1. The predicted octanol–water partition coefficient (Wildman–Crippen LogP) is 2.73. The number of hydrogen-bond acceptors (Lipinski definition) is 3. The summed E-state index contributed by atoms with van der Waals surface area (Å²) in [6.45, 7) is 0.348. The van der Waals surface area contributed by atoms with Crippen molar-refractivity contribution >= 4 is 16.9 Å². The molecule has 1 aromatic heterocycles. The molecule has 112 valence electrons. The number of aromatic hydroxyl groups is 2. The van der Waals surface area contributed by atoms with Crippen molar-refractivity contribution in [2.75, 3.05) is 0 Å². The largest absolute Gasteiger partial charge is 0.508 e. The van der Waals surface area contributed by atoms with Gasteiger partial charge in [0.2, 0.25) is 0 Å². The summed E-state index contributed by atoms with van der Waals surface area (Å²) in [5.74, 6) is -0.672. The van der Waals surface area contributed by atoms with Crippen molar-refractivity contribution in [1.29, 1.82) is 0 Å². The smallest absolute Gasteiger partial charge is 0.307 e. The zero-order chi connectivity index (χ0) is 15.7. The van der Waals surface area contributed by atoms with E-state index >= 15 is 0 Å². The van der Waals surface area contributed by atoms with Crippen molar-refractivity contribution in [2.24, 2.45) is 0 Å². The quantitative estimate of drug-likeness (QED) is 0.691. The van der Waals surface area contributed by atoms with Crippen molar-refractivity contribution in [2.45, 2.75) is 13.0 Å². The topological polar surface area (TPSA) is 82.7 Å². The van der Waals surface area contributed by atoms with Crippen LogP contribution < -0.4 is 0 Å². The van der Waals surface area contributed by atoms with Crippen LogP contribution >= 0.6 is 0 Å². The number of aromatic nitrogens is 1. The highest BCUT2D eigenvalue weighted by Gasteiger charge is 2.15. The minimum Gasteiger partial charge on any atom is -0.508 e. The number of phenols is 2. The molecule has 3 aromatic rings. The molecule has 0 spiro atoms. The number of carboxylic acid groups (broad SMARTS) is 1. The van der Waals surface area contributed by atoms with Crippen LogP contribution in [0.3, 0.4) is 0 Å². The lowest BCUT2D eigenvalue weighted by atomic mass is 10.1. The molecule has 3 N–H and O–H groups in total. The first-order chi connectivity index (χ1) is 10.6. The zero-order valence-corrected chi connectivity index (χ0v) is 11.7. The molecule has 0 aliphatic carbocycles. The van der Waals surface area contributed by atoms with E-state index in [9.17, 15) is 15.0 Å². The Morgan fingerprint density at radius 2 is 1.68 bits per heavy atom. The van der Waals surface area contributed by atoms with Crippen molar-refractivity contribution in [3.05, 3.63) is 59.8 Å². The second-order valence-electron chi connectivity index (χ2n) is 5.15. The highest BCUT2D eigenvalue weighted by molar-refractivity contribution is 5.91. The molecule has 0 bridgehead atoms. The molecule has 2 aromatic carbocycles. The molecule has 0 radical (unpaired) electrons. The van der Waals surface area contributed by atoms with E-state index in [0.29, 0.717) is 28.6 Å². The SMILES string of the molecule is O=C(O)Cc1cn(Cc2ccccc2O)c2c(O)cccc12. The summed E-state index contributed by atoms with van der Waals surface area (Å²) in [5.41, 5.74) is 1.90. The van der Waals surface area contributed by atoms with Crippen LogP contribution in [-0.2, 0) is 17.8 Å². The highest BCUT2D eigenvalue weighted by atomic mass is 16.4. The van der Waals surface area contributed by atoms with Gasteiger partial charge in [-0.1, -0.05) is 30.3 Å². The van der Waals surface area contributed by atoms with Crippen molar-refractivity contribution < 1.29 is 20.1 Å². The minimum atomic E-state index is -0.926. The molecule has 3 rings (SSSR count). The number of para-hydroxylation sites is 2. The average Bonchev–Trinajstić information content (AvgIpc) is 2.80. The van der Waals surface area contributed by atoms with Gasteiger partial charge in [-0.15, -0.1) is 0 Å². The fraction of sp³-hybridized carbons (Fsp3) is 0.118. The van der Waals surface area contributed by atoms with Gasteiger partial charge in [0.25, 0.3) is 0 Å². The molecule has 0 saturated carbocycles. The first-order valence-electron chi connectivity index (χ1n) is 6.84. The summed E-state index contributed by atoms with van der Waals surface area (Å²) in [6.07, 6.45) is 1.60. The maximum Gasteiger partial charge on any atom is 0.307 e. The predicted molar refractivity (Wildman–Crippen MR) is 82.2 cm³/mol. The molecule has 0 aliphatic heterocycles. The van der Waals surface area contributed by atoms with Crippen LogP contribution in [0.25, 0.3) is 10.9 Å². The first-order valence-corrected chi connectivity index (χ1v) is 6.84. The third kappa shape index (κ3) is 2.48. The molecule has 1 heterocycles. The minimum absolute atomic E-state index is 0.0876. The second kappa shape index (κ2) is 5.44. The Labute approximate surface area is 126 Å². The number of phenolic OH excluding ortho intramolecular Hbond substituents is 2. The van der Waals surface area contributed by atoms with Crippen LogP contribution in [0.1, 0.15) is 11.1 Å². The number of hydrogen-bond donors (Lipinski definition) is 3. The number of nitrogens with zero attached hydrogens (tertiary/aromatic N) is 1. The van der Waals surface area contributed by atoms with Crippen LogP contribution in [0.15, 0.2) is 48.7 Å². The molecule has 0 unspecified atom stereocenters. The Morgan fingerprint density at radius 1 is 0.955 bits per heavy atom. The Morgan fingerprint density at radius 3 is 2.41 bits per heavy atom. The Kier molecular flexibility index (Phi) is 3.47. The molecule has 5 heteroatoms. The van der Waals surface area contributed by atoms with E-state index in [0.717, 1.165) is 0 Å². The molecule has 0 fully saturated rings. The second-order valence-corrected chi connectivity index (χ2v) is 5.15. The Balaban J connectivity index is 2.13. The van der Waals surface area contributed by atoms with E-state index in [1.54, 1.807) is 47.2 Å². The average molecular weight is 297 g/mol. The molecule has 0 aliphatic rings. The standard InChI is InChI=1S/C17H15NO4/c19-14-6-2-1-4-11(14)9-18-10-12(8-16(21)22)13-5-3-7-15(20)17(13)18/h1-7,10,19-20H,8-9H2,(H,21,22). The maximum absolute atomic E-state index is 11.0. The molecule has 22 heavy (non-hydrogen) atoms. The van der Waals surface area contributed by atoms with Gasteiger partial charge in [-0.2, -0.15) is 0 Å². The summed E-state index contributed by atoms with van der Waals surface area (Å²) in [5, 5.41) is 29.7. The summed E-state index contributed by atoms with van der Waals surface area (Å²) in [4.78, 5) is 11.0. The maximum atomic E-state index is 11.0. The van der Waals surface area contributed by atoms with Gasteiger partial charge in [0.05, 0.1) is 18.5 Å². The van der Waals surface area contributed by atoms with Crippen molar-refractivity contribution in [3.63, 3.8) is 0 Å². The summed E-state index contributed by atoms with van der Waals surface area (Å²) < 4.78 is 1.76. The van der Waals surface area contributed by atoms with E-state index in [4.69, 9.17) is 5.11 Å². The van der Waals surface area contributed by atoms with Gasteiger partial charge in [0, 0.05) is 17.1 Å². The molecule has 0 atom stereocenters. The van der Waals surface area contributed by atoms with Gasteiger partial charge in [0.15, 0.2) is 0 Å². The highest BCUT2D eigenvalue weighted by Crippen LogP contribution is 2.31. The summed E-state index contributed by atoms with van der Waals surface area (Å²) in [7, 11) is 0. The van der Waals surface area contributed by atoms with E-state index < -0.39 is 5.97 Å². The van der Waals surface area contributed by atoms with Crippen LogP contribution in [0, 0.1) is 0 Å². The summed E-state index contributed by atoms with van der Waals surface area (Å²) >= 11 is 0. The van der Waals surface area contributed by atoms with Crippen molar-refractivity contribution in [3.8, 4) is 11.5 Å². The van der Waals surface area contributed by atoms with Crippen LogP contribution in [-0.4, -0.2) is 25.9 Å². The molecular weight excluding hydrogens is 282 g/mol. The van der Waals surface area contributed by atoms with Crippen LogP contribution in [0.4, 0.5) is 0 Å². The lowest BCUT2D eigenvalue weighted by Crippen LogP contribution is -2.00. The number of fused-ring (bicyclic) bond motifs is 1. The lowest BCUT2D eigenvalue weighted by Gasteiger charge is -2.08. The molecular formula is C17H15NO4. The molecule has 0 saturated heterocycles. The monoisotopic (exact) mass is 297 g/mol. The number of aliphatic carboxylic acids is 1. The third-order valence-corrected chi connectivity index (χ3v) is 3.63. The lowest BCUT2D eigenvalue weighted by molar-refractivity contribution is -0.136. The number of rotatable bonds is 4. The van der Waals surface area contributed by atoms with Gasteiger partial charge in [-0.05, 0) is 17.7 Å². The fourth-order valence-corrected chi connectivity index (χ4v) is 2.67. The van der Waals surface area contributed by atoms with Gasteiger partial charge < -0.3 is 19.9 Å². The Bertz CT molecular complexity index is 851. The Hall–Kier alpha value is -2.95. The number of benzene rings is 2. The van der Waals surface area contributed by atoms with Gasteiger partial charge >= 0.3 is 5.97 Å². The van der Waals surface area contributed by atoms with E-state index in [1.807, 2.05) is 6.07 Å². The fourth-order valence-electron chi connectivity index (χ4n) is 2.67. The van der Waals surface area contributed by atoms with Crippen molar-refractivity contribution in [1.82, 2.24) is 4.57 Å². The van der Waals surface area contributed by atoms with Crippen LogP contribution in [0.5, 0.6) is 11.5 Å². The molecule has 0 amide bonds. The van der Waals surface area contributed by atoms with Gasteiger partial charge in [0.1, 0.15) is 11.5 Å². The molecule has 5 nitrogen and oxygen atoms in total. The van der Waals surface area contributed by atoms with Gasteiger partial charge in [-0.3, -0.25) is 4.79 Å². The van der Waals surface area contributed by atoms with E-state index in [-0.39, 0.29) is 17.9 Å². The zero-order valence-electron chi connectivity index (χ0n) is 11.7.